The van der Waals surface area contributed by atoms with Crippen LogP contribution in [0.3, 0.4) is 0 Å². The van der Waals surface area contributed by atoms with E-state index in [9.17, 15) is 4.79 Å². The van der Waals surface area contributed by atoms with Gasteiger partial charge in [-0.15, -0.1) is 0 Å². The highest BCUT2D eigenvalue weighted by Gasteiger charge is 2.26. The molecule has 6 heteroatoms. The van der Waals surface area contributed by atoms with Gasteiger partial charge in [-0.25, -0.2) is 14.1 Å². The minimum atomic E-state index is -0.215. The number of carbonyl (C=O) groups is 1. The van der Waals surface area contributed by atoms with E-state index in [1.165, 1.54) is 16.3 Å². The lowest BCUT2D eigenvalue weighted by atomic mass is 10.3. The van der Waals surface area contributed by atoms with E-state index in [1.54, 1.807) is 12.3 Å². The van der Waals surface area contributed by atoms with Crippen molar-refractivity contribution < 1.29 is 9.53 Å². The van der Waals surface area contributed by atoms with E-state index >= 15 is 0 Å². The topological polar surface area (TPSA) is 54.5 Å². The summed E-state index contributed by atoms with van der Waals surface area (Å²) in [6, 6.07) is 10.9. The summed E-state index contributed by atoms with van der Waals surface area (Å²) >= 11 is 1.35. The van der Waals surface area contributed by atoms with Gasteiger partial charge in [-0.3, -0.25) is 0 Å². The molecular weight excluding hydrogens is 286 g/mol. The standard InChI is InChI=1S/C15H15N3O2S/c1-10(2)20-11-6-7-13-12(9-11)17-15(19)18(21-13)14-5-3-4-8-16-14/h3-10H,1-2H3,(H,17,19). The molecule has 1 aliphatic heterocycles. The molecule has 2 heterocycles. The fourth-order valence-corrected chi connectivity index (χ4v) is 2.83. The fourth-order valence-electron chi connectivity index (χ4n) is 1.96. The maximum Gasteiger partial charge on any atom is 0.338 e. The van der Waals surface area contributed by atoms with Crippen LogP contribution < -0.4 is 14.4 Å². The van der Waals surface area contributed by atoms with Crippen molar-refractivity contribution in [1.29, 1.82) is 0 Å². The maximum absolute atomic E-state index is 12.2. The Morgan fingerprint density at radius 3 is 2.86 bits per heavy atom. The van der Waals surface area contributed by atoms with Crippen molar-refractivity contribution in [3.8, 4) is 5.75 Å². The number of rotatable bonds is 3. The first-order valence-electron chi connectivity index (χ1n) is 6.64. The van der Waals surface area contributed by atoms with Gasteiger partial charge in [0.2, 0.25) is 0 Å². The van der Waals surface area contributed by atoms with Crippen molar-refractivity contribution in [2.45, 2.75) is 24.8 Å². The quantitative estimate of drug-likeness (QED) is 0.873. The zero-order chi connectivity index (χ0) is 14.8. The molecule has 5 nitrogen and oxygen atoms in total. The Labute approximate surface area is 127 Å². The van der Waals surface area contributed by atoms with Crippen LogP contribution in [0.2, 0.25) is 0 Å². The highest BCUT2D eigenvalue weighted by molar-refractivity contribution is 8.01. The third kappa shape index (κ3) is 2.95. The van der Waals surface area contributed by atoms with E-state index in [4.69, 9.17) is 4.74 Å². The van der Waals surface area contributed by atoms with E-state index in [1.807, 2.05) is 44.2 Å². The van der Waals surface area contributed by atoms with E-state index in [2.05, 4.69) is 10.3 Å². The van der Waals surface area contributed by atoms with E-state index in [-0.39, 0.29) is 12.1 Å². The Hall–Kier alpha value is -2.21. The number of aromatic nitrogens is 1. The number of hydrogen-bond donors (Lipinski definition) is 1. The first-order valence-corrected chi connectivity index (χ1v) is 7.41. The predicted octanol–water partition coefficient (Wildman–Crippen LogP) is 3.93. The van der Waals surface area contributed by atoms with Crippen LogP contribution in [0.5, 0.6) is 5.75 Å². The van der Waals surface area contributed by atoms with Crippen molar-refractivity contribution >= 4 is 29.5 Å². The lowest BCUT2D eigenvalue weighted by molar-refractivity contribution is 0.242. The lowest BCUT2D eigenvalue weighted by Crippen LogP contribution is -2.33. The molecule has 0 spiro atoms. The van der Waals surface area contributed by atoms with Gasteiger partial charge in [0.05, 0.1) is 16.7 Å². The van der Waals surface area contributed by atoms with Crippen molar-refractivity contribution in [3.63, 3.8) is 0 Å². The van der Waals surface area contributed by atoms with Gasteiger partial charge in [-0.05, 0) is 38.1 Å². The Morgan fingerprint density at radius 1 is 1.29 bits per heavy atom. The molecule has 0 bridgehead atoms. The van der Waals surface area contributed by atoms with E-state index < -0.39 is 0 Å². The first kappa shape index (κ1) is 13.8. The minimum Gasteiger partial charge on any atom is -0.491 e. The molecule has 21 heavy (non-hydrogen) atoms. The molecule has 1 aliphatic rings. The summed E-state index contributed by atoms with van der Waals surface area (Å²) in [5.41, 5.74) is 0.760. The minimum absolute atomic E-state index is 0.0972. The van der Waals surface area contributed by atoms with Crippen LogP contribution in [0.25, 0.3) is 0 Å². The molecule has 0 saturated heterocycles. The van der Waals surface area contributed by atoms with Crippen LogP contribution in [0, 0.1) is 0 Å². The SMILES string of the molecule is CC(C)Oc1ccc2c(c1)NC(=O)N(c1ccccn1)S2. The monoisotopic (exact) mass is 301 g/mol. The lowest BCUT2D eigenvalue weighted by Gasteiger charge is -2.27. The van der Waals surface area contributed by atoms with Crippen molar-refractivity contribution in [1.82, 2.24) is 4.98 Å². The van der Waals surface area contributed by atoms with Crippen molar-refractivity contribution in [2.75, 3.05) is 9.62 Å². The summed E-state index contributed by atoms with van der Waals surface area (Å²) in [4.78, 5) is 17.4. The molecule has 2 amide bonds. The van der Waals surface area contributed by atoms with Crippen molar-refractivity contribution in [3.05, 3.63) is 42.6 Å². The Kier molecular flexibility index (Phi) is 3.70. The molecular formula is C15H15N3O2S. The molecule has 1 aromatic heterocycles. The summed E-state index contributed by atoms with van der Waals surface area (Å²) in [5, 5.41) is 2.87. The molecule has 108 valence electrons. The molecule has 0 radical (unpaired) electrons. The molecule has 1 N–H and O–H groups in total. The second-order valence-corrected chi connectivity index (χ2v) is 5.82. The maximum atomic E-state index is 12.2. The highest BCUT2D eigenvalue weighted by Crippen LogP contribution is 2.39. The Balaban J connectivity index is 1.87. The van der Waals surface area contributed by atoms with Gasteiger partial charge in [-0.1, -0.05) is 6.07 Å². The average molecular weight is 301 g/mol. The van der Waals surface area contributed by atoms with Crippen molar-refractivity contribution in [2.24, 2.45) is 0 Å². The number of carbonyl (C=O) groups excluding carboxylic acids is 1. The van der Waals surface area contributed by atoms with Gasteiger partial charge in [0.1, 0.15) is 11.6 Å². The number of amides is 2. The molecule has 3 rings (SSSR count). The second-order valence-electron chi connectivity index (χ2n) is 4.83. The molecule has 2 aromatic rings. The van der Waals surface area contributed by atoms with Gasteiger partial charge in [0.25, 0.3) is 0 Å². The summed E-state index contributed by atoms with van der Waals surface area (Å²) in [5.74, 6) is 1.35. The van der Waals surface area contributed by atoms with Gasteiger partial charge < -0.3 is 10.1 Å². The number of ether oxygens (including phenoxy) is 1. The Morgan fingerprint density at radius 2 is 2.14 bits per heavy atom. The number of pyridine rings is 1. The number of nitrogens with one attached hydrogen (secondary N) is 1. The third-order valence-corrected chi connectivity index (χ3v) is 3.88. The number of hydrogen-bond acceptors (Lipinski definition) is 4. The largest absolute Gasteiger partial charge is 0.491 e. The zero-order valence-corrected chi connectivity index (χ0v) is 12.6. The van der Waals surface area contributed by atoms with Crippen LogP contribution in [0.1, 0.15) is 13.8 Å². The van der Waals surface area contributed by atoms with Crippen LogP contribution in [0.15, 0.2) is 47.5 Å². The normalized spacial score (nSPS) is 13.9. The molecule has 1 aromatic carbocycles. The number of nitrogens with zero attached hydrogens (tertiary/aromatic N) is 2. The predicted molar refractivity (Wildman–Crippen MR) is 83.8 cm³/mol. The number of urea groups is 1. The molecule has 0 saturated carbocycles. The fraction of sp³-hybridized carbons (Fsp3) is 0.200. The average Bonchev–Trinajstić information content (AvgIpc) is 2.46. The first-order chi connectivity index (χ1) is 10.1. The van der Waals surface area contributed by atoms with Gasteiger partial charge in [0, 0.05) is 24.2 Å². The second kappa shape index (κ2) is 5.65. The third-order valence-electron chi connectivity index (χ3n) is 2.80. The summed E-state index contributed by atoms with van der Waals surface area (Å²) in [6.45, 7) is 3.94. The number of fused-ring (bicyclic) bond motifs is 1. The summed E-state index contributed by atoms with van der Waals surface area (Å²) in [7, 11) is 0. The van der Waals surface area contributed by atoms with Crippen LogP contribution in [-0.4, -0.2) is 17.1 Å². The zero-order valence-electron chi connectivity index (χ0n) is 11.7. The smallest absolute Gasteiger partial charge is 0.338 e. The summed E-state index contributed by atoms with van der Waals surface area (Å²) < 4.78 is 7.17. The molecule has 0 atom stereocenters. The Bertz CT molecular complexity index is 661. The van der Waals surface area contributed by atoms with E-state index in [0.717, 1.165) is 16.3 Å². The van der Waals surface area contributed by atoms with Gasteiger partial charge >= 0.3 is 6.03 Å². The van der Waals surface area contributed by atoms with Crippen LogP contribution in [0.4, 0.5) is 16.3 Å². The summed E-state index contributed by atoms with van der Waals surface area (Å²) in [6.07, 6.45) is 1.76. The van der Waals surface area contributed by atoms with Crippen LogP contribution >= 0.6 is 11.9 Å². The highest BCUT2D eigenvalue weighted by atomic mass is 32.2. The van der Waals surface area contributed by atoms with Gasteiger partial charge in [-0.2, -0.15) is 0 Å². The van der Waals surface area contributed by atoms with Gasteiger partial charge in [0.15, 0.2) is 0 Å². The number of benzene rings is 1. The number of anilines is 2. The molecule has 0 unspecified atom stereocenters. The molecule has 0 fully saturated rings. The van der Waals surface area contributed by atoms with E-state index in [0.29, 0.717) is 5.82 Å². The molecule has 0 aliphatic carbocycles. The van der Waals surface area contributed by atoms with Crippen LogP contribution in [-0.2, 0) is 0 Å².